The number of carbonyl (C=O) groups excluding carboxylic acids is 1. The van der Waals surface area contributed by atoms with Gasteiger partial charge in [0.2, 0.25) is 5.91 Å². The molecule has 0 aromatic heterocycles. The molecule has 0 spiro atoms. The van der Waals surface area contributed by atoms with E-state index in [0.717, 1.165) is 31.5 Å². The van der Waals surface area contributed by atoms with E-state index in [4.69, 9.17) is 0 Å². The minimum Gasteiger partial charge on any atom is -0.342 e. The molecule has 0 saturated carbocycles. The van der Waals surface area contributed by atoms with Gasteiger partial charge in [0, 0.05) is 18.6 Å². The summed E-state index contributed by atoms with van der Waals surface area (Å²) in [5.41, 5.74) is 2.54. The normalized spacial score (nSPS) is 18.4. The van der Waals surface area contributed by atoms with E-state index in [1.165, 1.54) is 5.56 Å². The Morgan fingerprint density at radius 3 is 2.37 bits per heavy atom. The third-order valence-electron chi connectivity index (χ3n) is 4.30. The topological polar surface area (TPSA) is 32.3 Å². The average molecular weight is 260 g/mol. The highest BCUT2D eigenvalue weighted by Gasteiger charge is 2.30. The van der Waals surface area contributed by atoms with Crippen molar-refractivity contribution in [3.8, 4) is 0 Å². The molecule has 1 heterocycles. The van der Waals surface area contributed by atoms with Gasteiger partial charge >= 0.3 is 0 Å². The Bertz CT molecular complexity index is 431. The van der Waals surface area contributed by atoms with Gasteiger partial charge in [0.05, 0.1) is 6.42 Å². The lowest BCUT2D eigenvalue weighted by molar-refractivity contribution is -0.132. The molecule has 0 aliphatic carbocycles. The fraction of sp³-hybridized carbons (Fsp3) is 0.562. The molecule has 1 aliphatic rings. The first-order valence-electron chi connectivity index (χ1n) is 7.05. The molecule has 1 amide bonds. The summed E-state index contributed by atoms with van der Waals surface area (Å²) < 4.78 is 0. The number of piperidine rings is 1. The highest BCUT2D eigenvalue weighted by Crippen LogP contribution is 2.21. The summed E-state index contributed by atoms with van der Waals surface area (Å²) in [5, 5.41) is 3.36. The lowest BCUT2D eigenvalue weighted by Crippen LogP contribution is -2.51. The zero-order chi connectivity index (χ0) is 13.9. The maximum atomic E-state index is 12.3. The monoisotopic (exact) mass is 260 g/mol. The molecule has 1 aliphatic heterocycles. The number of aryl methyl sites for hydroxylation is 1. The van der Waals surface area contributed by atoms with Crippen molar-refractivity contribution in [2.24, 2.45) is 0 Å². The van der Waals surface area contributed by atoms with Crippen LogP contribution in [0.3, 0.4) is 0 Å². The predicted molar refractivity (Wildman–Crippen MR) is 78.2 cm³/mol. The Hall–Kier alpha value is -1.35. The van der Waals surface area contributed by atoms with Gasteiger partial charge in [-0.15, -0.1) is 0 Å². The van der Waals surface area contributed by atoms with Crippen LogP contribution >= 0.6 is 0 Å². The predicted octanol–water partition coefficient (Wildman–Crippen LogP) is 2.14. The first kappa shape index (κ1) is 14.1. The number of carbonyl (C=O) groups is 1. The number of likely N-dealkylation sites (tertiary alicyclic amines) is 1. The summed E-state index contributed by atoms with van der Waals surface area (Å²) in [4.78, 5) is 14.3. The van der Waals surface area contributed by atoms with Crippen molar-refractivity contribution in [3.63, 3.8) is 0 Å². The first-order valence-corrected chi connectivity index (χ1v) is 7.05. The van der Waals surface area contributed by atoms with Gasteiger partial charge in [-0.1, -0.05) is 29.8 Å². The van der Waals surface area contributed by atoms with Gasteiger partial charge < -0.3 is 10.2 Å². The van der Waals surface area contributed by atoms with Crippen molar-refractivity contribution in [1.82, 2.24) is 10.2 Å². The summed E-state index contributed by atoms with van der Waals surface area (Å²) in [5.74, 6) is 0.252. The number of hydrogen-bond acceptors (Lipinski definition) is 2. The zero-order valence-corrected chi connectivity index (χ0v) is 12.2. The van der Waals surface area contributed by atoms with Gasteiger partial charge in [-0.3, -0.25) is 4.79 Å². The number of nitrogens with zero attached hydrogens (tertiary/aromatic N) is 1. The second-order valence-corrected chi connectivity index (χ2v) is 5.85. The minimum absolute atomic E-state index is 0.195. The smallest absolute Gasteiger partial charge is 0.226 e. The molecule has 3 heteroatoms. The Morgan fingerprint density at radius 1 is 1.26 bits per heavy atom. The van der Waals surface area contributed by atoms with Crippen LogP contribution in [0.25, 0.3) is 0 Å². The Morgan fingerprint density at radius 2 is 1.84 bits per heavy atom. The van der Waals surface area contributed by atoms with E-state index < -0.39 is 0 Å². The molecular formula is C16H24N2O. The molecule has 0 bridgehead atoms. The SMILES string of the molecule is CNC1(C)CCN(C(=O)Cc2ccc(C)cc2)CC1. The van der Waals surface area contributed by atoms with Crippen LogP contribution in [0.2, 0.25) is 0 Å². The van der Waals surface area contributed by atoms with E-state index in [0.29, 0.717) is 6.42 Å². The van der Waals surface area contributed by atoms with E-state index in [9.17, 15) is 4.79 Å². The highest BCUT2D eigenvalue weighted by atomic mass is 16.2. The Labute approximate surface area is 116 Å². The van der Waals surface area contributed by atoms with Crippen molar-refractivity contribution in [2.75, 3.05) is 20.1 Å². The first-order chi connectivity index (χ1) is 9.02. The second-order valence-electron chi connectivity index (χ2n) is 5.85. The van der Waals surface area contributed by atoms with E-state index in [1.54, 1.807) is 0 Å². The van der Waals surface area contributed by atoms with Gasteiger partial charge in [0.25, 0.3) is 0 Å². The van der Waals surface area contributed by atoms with Crippen LogP contribution in [0.1, 0.15) is 30.9 Å². The zero-order valence-electron chi connectivity index (χ0n) is 12.2. The molecule has 19 heavy (non-hydrogen) atoms. The summed E-state index contributed by atoms with van der Waals surface area (Å²) in [6, 6.07) is 8.23. The largest absolute Gasteiger partial charge is 0.342 e. The van der Waals surface area contributed by atoms with E-state index in [2.05, 4.69) is 43.4 Å². The molecule has 1 aromatic carbocycles. The van der Waals surface area contributed by atoms with Gasteiger partial charge in [-0.2, -0.15) is 0 Å². The fourth-order valence-electron chi connectivity index (χ4n) is 2.49. The molecule has 1 fully saturated rings. The molecular weight excluding hydrogens is 236 g/mol. The summed E-state index contributed by atoms with van der Waals surface area (Å²) in [6.07, 6.45) is 2.59. The summed E-state index contributed by atoms with van der Waals surface area (Å²) in [7, 11) is 2.00. The molecule has 2 rings (SSSR count). The number of rotatable bonds is 3. The maximum absolute atomic E-state index is 12.3. The number of hydrogen-bond donors (Lipinski definition) is 1. The van der Waals surface area contributed by atoms with Crippen molar-refractivity contribution < 1.29 is 4.79 Å². The standard InChI is InChI=1S/C16H24N2O/c1-13-4-6-14(7-5-13)12-15(19)18-10-8-16(2,17-3)9-11-18/h4-7,17H,8-12H2,1-3H3. The third kappa shape index (κ3) is 3.57. The highest BCUT2D eigenvalue weighted by molar-refractivity contribution is 5.78. The fourth-order valence-corrected chi connectivity index (χ4v) is 2.49. The van der Waals surface area contributed by atoms with Gasteiger partial charge in [0.1, 0.15) is 0 Å². The van der Waals surface area contributed by atoms with E-state index in [-0.39, 0.29) is 11.4 Å². The minimum atomic E-state index is 0.195. The Balaban J connectivity index is 1.89. The number of benzene rings is 1. The van der Waals surface area contributed by atoms with Crippen molar-refractivity contribution in [2.45, 2.75) is 38.6 Å². The molecule has 0 unspecified atom stereocenters. The molecule has 0 atom stereocenters. The quantitative estimate of drug-likeness (QED) is 0.903. The molecule has 1 aromatic rings. The summed E-state index contributed by atoms with van der Waals surface area (Å²) in [6.45, 7) is 6.02. The third-order valence-corrected chi connectivity index (χ3v) is 4.30. The number of nitrogens with one attached hydrogen (secondary N) is 1. The van der Waals surface area contributed by atoms with Crippen LogP contribution in [0, 0.1) is 6.92 Å². The lowest BCUT2D eigenvalue weighted by atomic mass is 9.89. The molecule has 104 valence electrons. The van der Waals surface area contributed by atoms with E-state index >= 15 is 0 Å². The maximum Gasteiger partial charge on any atom is 0.226 e. The molecule has 1 saturated heterocycles. The summed E-state index contributed by atoms with van der Waals surface area (Å²) >= 11 is 0. The van der Waals surface area contributed by atoms with Crippen molar-refractivity contribution in [1.29, 1.82) is 0 Å². The van der Waals surface area contributed by atoms with Crippen LogP contribution in [0.4, 0.5) is 0 Å². The van der Waals surface area contributed by atoms with Crippen LogP contribution in [-0.4, -0.2) is 36.5 Å². The van der Waals surface area contributed by atoms with Crippen LogP contribution in [-0.2, 0) is 11.2 Å². The molecule has 0 radical (unpaired) electrons. The number of amides is 1. The lowest BCUT2D eigenvalue weighted by Gasteiger charge is -2.39. The average Bonchev–Trinajstić information content (AvgIpc) is 2.42. The van der Waals surface area contributed by atoms with Crippen LogP contribution in [0.15, 0.2) is 24.3 Å². The van der Waals surface area contributed by atoms with Gasteiger partial charge in [0.15, 0.2) is 0 Å². The van der Waals surface area contributed by atoms with Crippen LogP contribution < -0.4 is 5.32 Å². The van der Waals surface area contributed by atoms with Gasteiger partial charge in [-0.25, -0.2) is 0 Å². The van der Waals surface area contributed by atoms with Gasteiger partial charge in [-0.05, 0) is 39.3 Å². The molecule has 1 N–H and O–H groups in total. The van der Waals surface area contributed by atoms with E-state index in [1.807, 2.05) is 11.9 Å². The molecule has 3 nitrogen and oxygen atoms in total. The Kier molecular flexibility index (Phi) is 4.25. The van der Waals surface area contributed by atoms with Crippen LogP contribution in [0.5, 0.6) is 0 Å². The van der Waals surface area contributed by atoms with Crippen molar-refractivity contribution >= 4 is 5.91 Å². The van der Waals surface area contributed by atoms with Crippen molar-refractivity contribution in [3.05, 3.63) is 35.4 Å². The second kappa shape index (κ2) is 5.74.